The molecule has 1 unspecified atom stereocenters. The Kier molecular flexibility index (Phi) is 8.28. The van der Waals surface area contributed by atoms with Gasteiger partial charge in [-0.05, 0) is 30.8 Å². The molecule has 0 aliphatic heterocycles. The van der Waals surface area contributed by atoms with Crippen LogP contribution >= 0.6 is 33.2 Å². The summed E-state index contributed by atoms with van der Waals surface area (Å²) in [4.78, 5) is 0. The summed E-state index contributed by atoms with van der Waals surface area (Å²) >= 11 is 0. The quantitative estimate of drug-likeness (QED) is 0.544. The van der Waals surface area contributed by atoms with E-state index < -0.39 is 0 Å². The van der Waals surface area contributed by atoms with Gasteiger partial charge in [-0.2, -0.15) is 0 Å². The molecule has 1 fully saturated rings. The highest BCUT2D eigenvalue weighted by Gasteiger charge is 2.18. The molecule has 0 heterocycles. The number of rotatable bonds is 3. The van der Waals surface area contributed by atoms with Crippen LogP contribution in [-0.2, 0) is 0 Å². The second kappa shape index (κ2) is 7.55. The Labute approximate surface area is 96.5 Å². The zero-order valence-corrected chi connectivity index (χ0v) is 11.6. The largest absolute Gasteiger partial charge is 0.137 e. The van der Waals surface area contributed by atoms with Gasteiger partial charge in [-0.25, -0.2) is 0 Å². The third-order valence-electron chi connectivity index (χ3n) is 3.00. The van der Waals surface area contributed by atoms with Crippen molar-refractivity contribution in [2.45, 2.75) is 45.4 Å². The normalized spacial score (nSPS) is 29.5. The van der Waals surface area contributed by atoms with E-state index in [0.717, 1.165) is 11.8 Å². The predicted octanol–water partition coefficient (Wildman–Crippen LogP) is 4.09. The van der Waals surface area contributed by atoms with E-state index >= 15 is 0 Å². The average molecular weight is 300 g/mol. The molecule has 0 N–H and O–H groups in total. The number of halogens is 1. The molecule has 0 aromatic carbocycles. The molecule has 12 heavy (non-hydrogen) atoms. The van der Waals surface area contributed by atoms with Crippen molar-refractivity contribution in [3.8, 4) is 0 Å². The Bertz CT molecular complexity index is 98.0. The molecule has 1 atom stereocenters. The van der Waals surface area contributed by atoms with Gasteiger partial charge in [0.2, 0.25) is 0 Å². The van der Waals surface area contributed by atoms with Gasteiger partial charge in [0.05, 0.1) is 0 Å². The van der Waals surface area contributed by atoms with Crippen molar-refractivity contribution in [1.29, 1.82) is 0 Å². The van der Waals surface area contributed by atoms with Crippen molar-refractivity contribution >= 4 is 33.2 Å². The summed E-state index contributed by atoms with van der Waals surface area (Å²) in [6, 6.07) is 0. The van der Waals surface area contributed by atoms with E-state index in [1.165, 1.54) is 44.7 Å². The maximum absolute atomic E-state index is 2.89. The van der Waals surface area contributed by atoms with Gasteiger partial charge in [-0.15, -0.1) is 33.2 Å². The first kappa shape index (κ1) is 13.2. The molecule has 74 valence electrons. The maximum Gasteiger partial charge on any atom is -0.0353 e. The molecule has 0 saturated heterocycles. The van der Waals surface area contributed by atoms with Crippen LogP contribution in [0.3, 0.4) is 0 Å². The van der Waals surface area contributed by atoms with E-state index in [2.05, 4.69) is 16.2 Å². The van der Waals surface area contributed by atoms with E-state index in [1.54, 1.807) is 0 Å². The summed E-state index contributed by atoms with van der Waals surface area (Å²) in [7, 11) is 2.89. The average Bonchev–Trinajstić information content (AvgIpc) is 2.07. The van der Waals surface area contributed by atoms with Gasteiger partial charge in [0.1, 0.15) is 0 Å². The molecule has 0 nitrogen and oxygen atoms in total. The van der Waals surface area contributed by atoms with Crippen molar-refractivity contribution in [3.63, 3.8) is 0 Å². The molecule has 0 aromatic rings. The number of hydrogen-bond acceptors (Lipinski definition) is 0. The minimum Gasteiger partial charge on any atom is -0.137 e. The smallest absolute Gasteiger partial charge is 0.0353 e. The van der Waals surface area contributed by atoms with Gasteiger partial charge in [-0.3, -0.25) is 0 Å². The molecule has 2 heteroatoms. The van der Waals surface area contributed by atoms with Gasteiger partial charge in [-0.1, -0.05) is 32.6 Å². The van der Waals surface area contributed by atoms with Crippen LogP contribution in [-0.4, -0.2) is 6.16 Å². The van der Waals surface area contributed by atoms with Crippen molar-refractivity contribution in [2.24, 2.45) is 11.8 Å². The second-order valence-corrected chi connectivity index (χ2v) is 4.38. The summed E-state index contributed by atoms with van der Waals surface area (Å²) in [5, 5.41) is 0. The van der Waals surface area contributed by atoms with E-state index in [-0.39, 0.29) is 24.0 Å². The van der Waals surface area contributed by atoms with Gasteiger partial charge < -0.3 is 0 Å². The molecular weight excluding hydrogens is 278 g/mol. The lowest BCUT2D eigenvalue weighted by atomic mass is 9.81. The van der Waals surface area contributed by atoms with Crippen molar-refractivity contribution in [3.05, 3.63) is 0 Å². The zero-order valence-electron chi connectivity index (χ0n) is 8.09. The molecule has 1 aliphatic rings. The lowest BCUT2D eigenvalue weighted by Gasteiger charge is -2.27. The summed E-state index contributed by atoms with van der Waals surface area (Å²) in [6.45, 7) is 2.31. The fourth-order valence-corrected chi connectivity index (χ4v) is 2.64. The fraction of sp³-hybridized carbons (Fsp3) is 1.00. The standard InChI is InChI=1S/C10H21P.HI/c1-2-3-9-4-6-10(8-11)7-5-9;/h9-10H,2-8,11H2,1H3;1H. The second-order valence-electron chi connectivity index (χ2n) is 3.91. The Morgan fingerprint density at radius 3 is 2.00 bits per heavy atom. The topological polar surface area (TPSA) is 0 Å². The molecule has 0 aromatic heterocycles. The third-order valence-corrected chi connectivity index (χ3v) is 3.66. The van der Waals surface area contributed by atoms with Crippen molar-refractivity contribution in [2.75, 3.05) is 6.16 Å². The minimum atomic E-state index is 0. The summed E-state index contributed by atoms with van der Waals surface area (Å²) < 4.78 is 0. The Balaban J connectivity index is 0.00000121. The molecule has 1 saturated carbocycles. The summed E-state index contributed by atoms with van der Waals surface area (Å²) in [5.41, 5.74) is 0. The van der Waals surface area contributed by atoms with Gasteiger partial charge in [0, 0.05) is 0 Å². The Hall–Kier alpha value is 1.16. The Morgan fingerprint density at radius 1 is 1.08 bits per heavy atom. The lowest BCUT2D eigenvalue weighted by Crippen LogP contribution is -2.15. The van der Waals surface area contributed by atoms with E-state index in [1.807, 2.05) is 0 Å². The zero-order chi connectivity index (χ0) is 8.10. The van der Waals surface area contributed by atoms with Crippen LogP contribution in [0.2, 0.25) is 0 Å². The van der Waals surface area contributed by atoms with Crippen LogP contribution < -0.4 is 0 Å². The summed E-state index contributed by atoms with van der Waals surface area (Å²) in [6.07, 6.45) is 10.2. The van der Waals surface area contributed by atoms with E-state index in [0.29, 0.717) is 0 Å². The van der Waals surface area contributed by atoms with Crippen molar-refractivity contribution < 1.29 is 0 Å². The Morgan fingerprint density at radius 2 is 1.58 bits per heavy atom. The molecular formula is C10H22IP. The predicted molar refractivity (Wildman–Crippen MR) is 70.3 cm³/mol. The van der Waals surface area contributed by atoms with Gasteiger partial charge in [0.25, 0.3) is 0 Å². The van der Waals surface area contributed by atoms with Gasteiger partial charge in [0.15, 0.2) is 0 Å². The van der Waals surface area contributed by atoms with Crippen LogP contribution in [0.25, 0.3) is 0 Å². The summed E-state index contributed by atoms with van der Waals surface area (Å²) in [5.74, 6) is 2.11. The van der Waals surface area contributed by atoms with Crippen LogP contribution in [0.15, 0.2) is 0 Å². The minimum absolute atomic E-state index is 0. The molecule has 0 bridgehead atoms. The number of hydrogen-bond donors (Lipinski definition) is 0. The molecule has 0 spiro atoms. The molecule has 1 aliphatic carbocycles. The molecule has 0 radical (unpaired) electrons. The van der Waals surface area contributed by atoms with Gasteiger partial charge >= 0.3 is 0 Å². The first-order valence-electron chi connectivity index (χ1n) is 5.06. The van der Waals surface area contributed by atoms with Crippen LogP contribution in [0, 0.1) is 11.8 Å². The molecule has 0 amide bonds. The highest BCUT2D eigenvalue weighted by Crippen LogP contribution is 2.32. The van der Waals surface area contributed by atoms with Crippen LogP contribution in [0.1, 0.15) is 45.4 Å². The lowest BCUT2D eigenvalue weighted by molar-refractivity contribution is 0.279. The fourth-order valence-electron chi connectivity index (χ4n) is 2.16. The monoisotopic (exact) mass is 300 g/mol. The van der Waals surface area contributed by atoms with Crippen LogP contribution in [0.4, 0.5) is 0 Å². The highest BCUT2D eigenvalue weighted by molar-refractivity contribution is 14.0. The van der Waals surface area contributed by atoms with Crippen molar-refractivity contribution in [1.82, 2.24) is 0 Å². The first-order chi connectivity index (χ1) is 5.36. The first-order valence-corrected chi connectivity index (χ1v) is 5.88. The third kappa shape index (κ3) is 4.41. The maximum atomic E-state index is 2.89. The highest BCUT2D eigenvalue weighted by atomic mass is 127. The van der Waals surface area contributed by atoms with E-state index in [4.69, 9.17) is 0 Å². The SMILES string of the molecule is CCCC1CCC(CP)CC1.I. The van der Waals surface area contributed by atoms with E-state index in [9.17, 15) is 0 Å². The van der Waals surface area contributed by atoms with Crippen LogP contribution in [0.5, 0.6) is 0 Å². The molecule has 1 rings (SSSR count).